The fraction of sp³-hybridized carbons (Fsp3) is 0.231. The number of nitrogens with one attached hydrogen (secondary N) is 2. The molecule has 0 bridgehead atoms. The average molecular weight is 446 g/mol. The van der Waals surface area contributed by atoms with Crippen molar-refractivity contribution in [3.63, 3.8) is 0 Å². The molecule has 3 rings (SSSR count). The SMILES string of the molecule is COC(=O)CCCC(=O)Nc1ccc(-c2ccc(CC(=O)NCc3ccccc3)nc2)cc1. The summed E-state index contributed by atoms with van der Waals surface area (Å²) in [5.41, 5.74) is 4.29. The highest BCUT2D eigenvalue weighted by molar-refractivity contribution is 5.91. The summed E-state index contributed by atoms with van der Waals surface area (Å²) >= 11 is 0. The second-order valence-corrected chi connectivity index (χ2v) is 7.53. The molecule has 7 nitrogen and oxygen atoms in total. The Morgan fingerprint density at radius 1 is 0.848 bits per heavy atom. The molecule has 33 heavy (non-hydrogen) atoms. The van der Waals surface area contributed by atoms with Gasteiger partial charge in [0.15, 0.2) is 0 Å². The summed E-state index contributed by atoms with van der Waals surface area (Å²) in [6.07, 6.45) is 2.87. The second-order valence-electron chi connectivity index (χ2n) is 7.53. The highest BCUT2D eigenvalue weighted by Crippen LogP contribution is 2.21. The normalized spacial score (nSPS) is 10.3. The van der Waals surface area contributed by atoms with E-state index in [1.165, 1.54) is 7.11 Å². The fourth-order valence-electron chi connectivity index (χ4n) is 3.19. The lowest BCUT2D eigenvalue weighted by Crippen LogP contribution is -2.24. The van der Waals surface area contributed by atoms with Crippen molar-refractivity contribution in [2.45, 2.75) is 32.2 Å². The number of aromatic nitrogens is 1. The van der Waals surface area contributed by atoms with Gasteiger partial charge in [-0.1, -0.05) is 48.5 Å². The molecule has 0 saturated heterocycles. The van der Waals surface area contributed by atoms with Crippen LogP contribution in [0.1, 0.15) is 30.5 Å². The number of rotatable bonds is 10. The number of carbonyl (C=O) groups excluding carboxylic acids is 3. The van der Waals surface area contributed by atoms with E-state index in [-0.39, 0.29) is 37.0 Å². The van der Waals surface area contributed by atoms with Crippen molar-refractivity contribution in [3.05, 3.63) is 84.2 Å². The summed E-state index contributed by atoms with van der Waals surface area (Å²) in [5.74, 6) is -0.548. The molecule has 2 amide bonds. The highest BCUT2D eigenvalue weighted by Gasteiger charge is 2.08. The Morgan fingerprint density at radius 3 is 2.24 bits per heavy atom. The number of amides is 2. The van der Waals surface area contributed by atoms with Gasteiger partial charge in [0.05, 0.1) is 13.5 Å². The largest absolute Gasteiger partial charge is 0.469 e. The van der Waals surface area contributed by atoms with Crippen LogP contribution in [0.25, 0.3) is 11.1 Å². The number of pyridine rings is 1. The molecular weight excluding hydrogens is 418 g/mol. The molecule has 0 aliphatic rings. The first-order chi connectivity index (χ1) is 16.0. The van der Waals surface area contributed by atoms with E-state index < -0.39 is 0 Å². The minimum atomic E-state index is -0.320. The molecule has 0 aliphatic carbocycles. The number of carbonyl (C=O) groups is 3. The molecule has 7 heteroatoms. The number of benzene rings is 2. The van der Waals surface area contributed by atoms with Crippen LogP contribution in [-0.4, -0.2) is 29.9 Å². The van der Waals surface area contributed by atoms with Crippen molar-refractivity contribution in [2.75, 3.05) is 12.4 Å². The zero-order valence-electron chi connectivity index (χ0n) is 18.5. The molecule has 3 aromatic rings. The fourth-order valence-corrected chi connectivity index (χ4v) is 3.19. The van der Waals surface area contributed by atoms with Crippen LogP contribution in [0.3, 0.4) is 0 Å². The summed E-state index contributed by atoms with van der Waals surface area (Å²) in [6.45, 7) is 0.492. The van der Waals surface area contributed by atoms with Crippen LogP contribution in [0.15, 0.2) is 72.9 Å². The van der Waals surface area contributed by atoms with Crippen molar-refractivity contribution in [1.29, 1.82) is 0 Å². The van der Waals surface area contributed by atoms with Crippen molar-refractivity contribution >= 4 is 23.5 Å². The number of ether oxygens (including phenoxy) is 1. The maximum Gasteiger partial charge on any atom is 0.305 e. The number of hydrogen-bond acceptors (Lipinski definition) is 5. The summed E-state index contributed by atoms with van der Waals surface area (Å²) in [4.78, 5) is 39.7. The first kappa shape index (κ1) is 23.7. The van der Waals surface area contributed by atoms with E-state index in [1.807, 2.05) is 66.7 Å². The van der Waals surface area contributed by atoms with Crippen LogP contribution in [0.4, 0.5) is 5.69 Å². The lowest BCUT2D eigenvalue weighted by atomic mass is 10.1. The van der Waals surface area contributed by atoms with Gasteiger partial charge in [-0.2, -0.15) is 0 Å². The minimum absolute atomic E-state index is 0.0780. The molecule has 0 aliphatic heterocycles. The van der Waals surface area contributed by atoms with Crippen molar-refractivity contribution in [1.82, 2.24) is 10.3 Å². The lowest BCUT2D eigenvalue weighted by molar-refractivity contribution is -0.140. The van der Waals surface area contributed by atoms with Crippen molar-refractivity contribution < 1.29 is 19.1 Å². The maximum absolute atomic E-state index is 12.2. The Labute approximate surface area is 193 Å². The quantitative estimate of drug-likeness (QED) is 0.462. The van der Waals surface area contributed by atoms with Crippen LogP contribution in [-0.2, 0) is 32.1 Å². The van der Waals surface area contributed by atoms with Gasteiger partial charge in [-0.05, 0) is 35.7 Å². The van der Waals surface area contributed by atoms with E-state index in [0.717, 1.165) is 16.7 Å². The summed E-state index contributed by atoms with van der Waals surface area (Å²) in [5, 5.41) is 5.72. The van der Waals surface area contributed by atoms with E-state index in [1.54, 1.807) is 6.20 Å². The van der Waals surface area contributed by atoms with Gasteiger partial charge >= 0.3 is 5.97 Å². The first-order valence-electron chi connectivity index (χ1n) is 10.8. The number of nitrogens with zero attached hydrogens (tertiary/aromatic N) is 1. The molecule has 2 aromatic carbocycles. The van der Waals surface area contributed by atoms with Crippen LogP contribution >= 0.6 is 0 Å². The van der Waals surface area contributed by atoms with Crippen molar-refractivity contribution in [3.8, 4) is 11.1 Å². The van der Waals surface area contributed by atoms with E-state index in [4.69, 9.17) is 0 Å². The molecule has 1 aromatic heterocycles. The average Bonchev–Trinajstić information content (AvgIpc) is 2.84. The Kier molecular flexibility index (Phi) is 8.71. The summed E-state index contributed by atoms with van der Waals surface area (Å²) in [7, 11) is 1.33. The molecular formula is C26H27N3O4. The zero-order valence-corrected chi connectivity index (χ0v) is 18.5. The highest BCUT2D eigenvalue weighted by atomic mass is 16.5. The van der Waals surface area contributed by atoms with E-state index >= 15 is 0 Å². The van der Waals surface area contributed by atoms with Gasteiger partial charge in [-0.3, -0.25) is 19.4 Å². The van der Waals surface area contributed by atoms with Crippen LogP contribution in [0.2, 0.25) is 0 Å². The third-order valence-corrected chi connectivity index (χ3v) is 5.01. The van der Waals surface area contributed by atoms with Gasteiger partial charge < -0.3 is 15.4 Å². The Bertz CT molecular complexity index is 1060. The Morgan fingerprint density at radius 2 is 1.58 bits per heavy atom. The molecule has 0 unspecified atom stereocenters. The van der Waals surface area contributed by atoms with E-state index in [9.17, 15) is 14.4 Å². The van der Waals surface area contributed by atoms with Gasteiger partial charge in [-0.25, -0.2) is 0 Å². The molecule has 0 radical (unpaired) electrons. The Balaban J connectivity index is 1.47. The van der Waals surface area contributed by atoms with Crippen LogP contribution in [0, 0.1) is 0 Å². The number of hydrogen-bond donors (Lipinski definition) is 2. The van der Waals surface area contributed by atoms with Gasteiger partial charge in [0.1, 0.15) is 0 Å². The predicted octanol–water partition coefficient (Wildman–Crippen LogP) is 3.89. The standard InChI is InChI=1S/C26H27N3O4/c1-33-26(32)9-5-8-24(30)29-22-13-10-20(11-14-22)21-12-15-23(27-18-21)16-25(31)28-17-19-6-3-2-4-7-19/h2-4,6-7,10-15,18H,5,8-9,16-17H2,1H3,(H,28,31)(H,29,30). The molecule has 0 fully saturated rings. The third kappa shape index (κ3) is 7.88. The summed E-state index contributed by atoms with van der Waals surface area (Å²) < 4.78 is 4.56. The number of anilines is 1. The molecule has 1 heterocycles. The monoisotopic (exact) mass is 445 g/mol. The third-order valence-electron chi connectivity index (χ3n) is 5.01. The zero-order chi connectivity index (χ0) is 23.5. The van der Waals surface area contributed by atoms with Crippen LogP contribution < -0.4 is 10.6 Å². The molecule has 0 saturated carbocycles. The second kappa shape index (κ2) is 12.1. The predicted molar refractivity (Wildman–Crippen MR) is 126 cm³/mol. The summed E-state index contributed by atoms with van der Waals surface area (Å²) in [6, 6.07) is 21.0. The van der Waals surface area contributed by atoms with Gasteiger partial charge in [0, 0.05) is 42.5 Å². The topological polar surface area (TPSA) is 97.4 Å². The molecule has 0 atom stereocenters. The molecule has 170 valence electrons. The first-order valence-corrected chi connectivity index (χ1v) is 10.8. The maximum atomic E-state index is 12.2. The Hall–Kier alpha value is -4.00. The number of methoxy groups -OCH3 is 1. The minimum Gasteiger partial charge on any atom is -0.469 e. The van der Waals surface area contributed by atoms with Gasteiger partial charge in [0.2, 0.25) is 11.8 Å². The van der Waals surface area contributed by atoms with E-state index in [2.05, 4.69) is 20.4 Å². The molecule has 0 spiro atoms. The van der Waals surface area contributed by atoms with E-state index in [0.29, 0.717) is 24.3 Å². The van der Waals surface area contributed by atoms with Gasteiger partial charge in [-0.15, -0.1) is 0 Å². The van der Waals surface area contributed by atoms with Crippen LogP contribution in [0.5, 0.6) is 0 Å². The van der Waals surface area contributed by atoms with Gasteiger partial charge in [0.25, 0.3) is 0 Å². The lowest BCUT2D eigenvalue weighted by Gasteiger charge is -2.08. The number of esters is 1. The smallest absolute Gasteiger partial charge is 0.305 e. The molecule has 2 N–H and O–H groups in total. The van der Waals surface area contributed by atoms with Crippen molar-refractivity contribution in [2.24, 2.45) is 0 Å².